The molecule has 2 saturated carbocycles. The number of fused-ring (bicyclic) bond motifs is 1. The van der Waals surface area contributed by atoms with Crippen LogP contribution in [-0.4, -0.2) is 26.1 Å². The van der Waals surface area contributed by atoms with Crippen LogP contribution < -0.4 is 0 Å². The molecule has 0 aromatic heterocycles. The third-order valence-electron chi connectivity index (χ3n) is 4.81. The lowest BCUT2D eigenvalue weighted by molar-refractivity contribution is 0.164. The minimum Gasteiger partial charge on any atom is -0.241 e. The van der Waals surface area contributed by atoms with Crippen LogP contribution in [0.4, 0.5) is 4.39 Å². The Kier molecular flexibility index (Phi) is 1.49. The van der Waals surface area contributed by atoms with Crippen LogP contribution in [0.5, 0.6) is 0 Å². The molecule has 3 atom stereocenters. The fourth-order valence-electron chi connectivity index (χ4n) is 3.83. The first kappa shape index (κ1) is 9.75. The summed E-state index contributed by atoms with van der Waals surface area (Å²) >= 11 is 0. The van der Waals surface area contributed by atoms with Crippen molar-refractivity contribution < 1.29 is 12.8 Å². The number of nitrogens with zero attached hydrogens (tertiary/aromatic N) is 1. The third-order valence-corrected chi connectivity index (χ3v) is 6.15. The minimum absolute atomic E-state index is 0.0270. The monoisotopic (exact) mass is 231 g/mol. The lowest BCUT2D eigenvalue weighted by atomic mass is 9.70. The molecule has 3 rings (SSSR count). The van der Waals surface area contributed by atoms with E-state index in [4.69, 9.17) is 0 Å². The lowest BCUT2D eigenvalue weighted by Gasteiger charge is -2.33. The number of alkyl halides is 1. The third kappa shape index (κ3) is 0.871. The Labute approximate surface area is 88.8 Å². The van der Waals surface area contributed by atoms with Gasteiger partial charge in [0.15, 0.2) is 0 Å². The Morgan fingerprint density at radius 2 is 2.13 bits per heavy atom. The van der Waals surface area contributed by atoms with E-state index in [0.29, 0.717) is 5.71 Å². The Balaban J connectivity index is 2.26. The van der Waals surface area contributed by atoms with E-state index in [1.165, 1.54) is 0 Å². The van der Waals surface area contributed by atoms with Crippen molar-refractivity contribution in [3.63, 3.8) is 0 Å². The molecule has 0 radical (unpaired) electrons. The van der Waals surface area contributed by atoms with Crippen molar-refractivity contribution in [3.05, 3.63) is 0 Å². The number of hydrogen-bond donors (Lipinski definition) is 0. The van der Waals surface area contributed by atoms with Crippen LogP contribution in [0.25, 0.3) is 0 Å². The molecule has 0 unspecified atom stereocenters. The van der Waals surface area contributed by atoms with Gasteiger partial charge in [-0.25, -0.2) is 12.8 Å². The molecule has 0 amide bonds. The lowest BCUT2D eigenvalue weighted by Crippen LogP contribution is -2.38. The van der Waals surface area contributed by atoms with Gasteiger partial charge in [0, 0.05) is 11.3 Å². The average Bonchev–Trinajstić information content (AvgIpc) is 2.54. The largest absolute Gasteiger partial charge is 0.254 e. The van der Waals surface area contributed by atoms with E-state index in [1.807, 2.05) is 13.8 Å². The molecular formula is C10H14FNO2S. The van der Waals surface area contributed by atoms with Crippen molar-refractivity contribution >= 4 is 15.7 Å². The minimum atomic E-state index is -3.41. The summed E-state index contributed by atoms with van der Waals surface area (Å²) < 4.78 is 40.7. The topological polar surface area (TPSA) is 46.5 Å². The second kappa shape index (κ2) is 2.29. The van der Waals surface area contributed by atoms with Crippen molar-refractivity contribution in [2.45, 2.75) is 32.9 Å². The number of sulfonamides is 1. The summed E-state index contributed by atoms with van der Waals surface area (Å²) in [5.74, 6) is -0.00838. The molecule has 15 heavy (non-hydrogen) atoms. The van der Waals surface area contributed by atoms with Gasteiger partial charge in [-0.1, -0.05) is 13.8 Å². The number of hydrogen-bond acceptors (Lipinski definition) is 2. The van der Waals surface area contributed by atoms with Gasteiger partial charge in [-0.3, -0.25) is 0 Å². The van der Waals surface area contributed by atoms with Crippen molar-refractivity contribution in [2.75, 3.05) is 5.75 Å². The summed E-state index contributed by atoms with van der Waals surface area (Å²) in [5.41, 5.74) is -0.422. The molecular weight excluding hydrogens is 217 g/mol. The summed E-state index contributed by atoms with van der Waals surface area (Å²) in [6, 6.07) is 0. The summed E-state index contributed by atoms with van der Waals surface area (Å²) in [4.78, 5) is 0. The standard InChI is InChI=1S/C10H14FNO2S/c1-9(2)6-3-4-10(9)5-15(13,14)12-8(10)7(6)11/h6-7H,3-5H2,1-2H3/t6-,7-,10-/m1/s1. The van der Waals surface area contributed by atoms with Crippen molar-refractivity contribution in [1.29, 1.82) is 0 Å². The highest BCUT2D eigenvalue weighted by molar-refractivity contribution is 7.90. The maximum atomic E-state index is 14.0. The van der Waals surface area contributed by atoms with Gasteiger partial charge in [0.2, 0.25) is 0 Å². The Hall–Kier alpha value is -0.450. The molecule has 1 heterocycles. The van der Waals surface area contributed by atoms with Gasteiger partial charge in [0.1, 0.15) is 6.17 Å². The summed E-state index contributed by atoms with van der Waals surface area (Å²) in [6.07, 6.45) is 0.442. The zero-order chi connectivity index (χ0) is 11.1. The van der Waals surface area contributed by atoms with E-state index in [1.54, 1.807) is 0 Å². The van der Waals surface area contributed by atoms with E-state index >= 15 is 0 Å². The molecule has 1 spiro atoms. The highest BCUT2D eigenvalue weighted by Crippen LogP contribution is 2.67. The first-order chi connectivity index (χ1) is 6.80. The van der Waals surface area contributed by atoms with Crippen LogP contribution in [0.3, 0.4) is 0 Å². The average molecular weight is 231 g/mol. The first-order valence-corrected chi connectivity index (χ1v) is 6.88. The molecule has 3 aliphatic rings. The normalized spacial score (nSPS) is 49.1. The van der Waals surface area contributed by atoms with Crippen molar-refractivity contribution in [3.8, 4) is 0 Å². The molecule has 0 N–H and O–H groups in total. The van der Waals surface area contributed by atoms with Gasteiger partial charge < -0.3 is 0 Å². The molecule has 2 fully saturated rings. The van der Waals surface area contributed by atoms with E-state index in [-0.39, 0.29) is 17.1 Å². The fourth-order valence-corrected chi connectivity index (χ4v) is 5.75. The van der Waals surface area contributed by atoms with Gasteiger partial charge >= 0.3 is 0 Å². The van der Waals surface area contributed by atoms with Crippen molar-refractivity contribution in [2.24, 2.45) is 21.1 Å². The summed E-state index contributed by atoms with van der Waals surface area (Å²) in [7, 11) is -3.41. The Bertz CT molecular complexity index is 468. The smallest absolute Gasteiger partial charge is 0.241 e. The van der Waals surface area contributed by atoms with E-state index in [9.17, 15) is 12.8 Å². The number of rotatable bonds is 0. The molecule has 0 aromatic rings. The van der Waals surface area contributed by atoms with Gasteiger partial charge in [0.25, 0.3) is 10.0 Å². The van der Waals surface area contributed by atoms with Crippen LogP contribution in [0.1, 0.15) is 26.7 Å². The van der Waals surface area contributed by atoms with E-state index in [2.05, 4.69) is 4.40 Å². The zero-order valence-corrected chi connectivity index (χ0v) is 9.64. The predicted octanol–water partition coefficient (Wildman–Crippen LogP) is 1.55. The maximum absolute atomic E-state index is 14.0. The second-order valence-electron chi connectivity index (χ2n) is 5.55. The molecule has 2 aliphatic carbocycles. The summed E-state index contributed by atoms with van der Waals surface area (Å²) in [5, 5.41) is 0. The van der Waals surface area contributed by atoms with Crippen molar-refractivity contribution in [1.82, 2.24) is 0 Å². The van der Waals surface area contributed by atoms with Gasteiger partial charge in [0.05, 0.1) is 11.5 Å². The highest BCUT2D eigenvalue weighted by Gasteiger charge is 2.71. The van der Waals surface area contributed by atoms with Crippen LogP contribution in [-0.2, 0) is 10.0 Å². The van der Waals surface area contributed by atoms with E-state index < -0.39 is 21.6 Å². The fraction of sp³-hybridized carbons (Fsp3) is 0.900. The Morgan fingerprint density at radius 3 is 2.73 bits per heavy atom. The molecule has 0 saturated heterocycles. The predicted molar refractivity (Wildman–Crippen MR) is 55.1 cm³/mol. The van der Waals surface area contributed by atoms with Crippen LogP contribution in [0.2, 0.25) is 0 Å². The molecule has 84 valence electrons. The second-order valence-corrected chi connectivity index (χ2v) is 7.19. The van der Waals surface area contributed by atoms with Gasteiger partial charge in [-0.05, 0) is 18.3 Å². The molecule has 3 nitrogen and oxygen atoms in total. The quantitative estimate of drug-likeness (QED) is 0.635. The zero-order valence-electron chi connectivity index (χ0n) is 8.83. The van der Waals surface area contributed by atoms with Crippen LogP contribution in [0, 0.1) is 16.7 Å². The molecule has 1 aliphatic heterocycles. The SMILES string of the molecule is CC1(C)[C@@H]2CC[C@]13CS(=O)(=O)N=C3[C@@H]2F. The Morgan fingerprint density at radius 1 is 1.47 bits per heavy atom. The highest BCUT2D eigenvalue weighted by atomic mass is 32.2. The van der Waals surface area contributed by atoms with Gasteiger partial charge in [-0.15, -0.1) is 0 Å². The summed E-state index contributed by atoms with van der Waals surface area (Å²) in [6.45, 7) is 3.97. The first-order valence-electron chi connectivity index (χ1n) is 5.27. The molecule has 0 aromatic carbocycles. The van der Waals surface area contributed by atoms with E-state index in [0.717, 1.165) is 12.8 Å². The molecule has 2 bridgehead atoms. The molecule has 5 heteroatoms. The number of halogens is 1. The van der Waals surface area contributed by atoms with Crippen LogP contribution >= 0.6 is 0 Å². The maximum Gasteiger partial charge on any atom is 0.254 e. The van der Waals surface area contributed by atoms with Gasteiger partial charge in [-0.2, -0.15) is 4.40 Å². The van der Waals surface area contributed by atoms with Crippen LogP contribution in [0.15, 0.2) is 4.40 Å².